The van der Waals surface area contributed by atoms with E-state index in [1.54, 1.807) is 0 Å². The molecule has 0 radical (unpaired) electrons. The second kappa shape index (κ2) is 9.44. The zero-order valence-corrected chi connectivity index (χ0v) is 13.3. The molecule has 0 aliphatic rings. The number of rotatable bonds is 5. The number of ether oxygens (including phenoxy) is 1. The topological polar surface area (TPSA) is 81.6 Å². The Morgan fingerprint density at radius 1 is 1.25 bits per heavy atom. The maximum atomic E-state index is 10.9. The van der Waals surface area contributed by atoms with Crippen LogP contribution in [0.5, 0.6) is 5.75 Å². The number of benzene rings is 1. The van der Waals surface area contributed by atoms with Gasteiger partial charge in [-0.2, -0.15) is 0 Å². The first-order valence-corrected chi connectivity index (χ1v) is 6.94. The number of hydrogen-bond donors (Lipinski definition) is 2. The number of nitrogen functional groups attached to an aromatic ring is 1. The molecule has 5 nitrogen and oxygen atoms in total. The van der Waals surface area contributed by atoms with Crippen molar-refractivity contribution in [1.82, 2.24) is 4.90 Å². The van der Waals surface area contributed by atoms with E-state index >= 15 is 0 Å². The fourth-order valence-corrected chi connectivity index (χ4v) is 1.77. The van der Waals surface area contributed by atoms with Crippen LogP contribution >= 0.6 is 11.6 Å². The van der Waals surface area contributed by atoms with Crippen molar-refractivity contribution in [2.24, 2.45) is 5.73 Å². The van der Waals surface area contributed by atoms with Crippen LogP contribution in [0.1, 0.15) is 31.1 Å². The number of primary amides is 1. The lowest BCUT2D eigenvalue weighted by Crippen LogP contribution is -2.21. The summed E-state index contributed by atoms with van der Waals surface area (Å²) < 4.78 is 4.90. The quantitative estimate of drug-likeness (QED) is 0.818. The lowest BCUT2D eigenvalue weighted by Gasteiger charge is -2.13. The van der Waals surface area contributed by atoms with Crippen molar-refractivity contribution in [3.63, 3.8) is 0 Å². The van der Waals surface area contributed by atoms with Crippen LogP contribution in [0.2, 0.25) is 5.02 Å². The van der Waals surface area contributed by atoms with E-state index in [-0.39, 0.29) is 10.6 Å². The van der Waals surface area contributed by atoms with Crippen molar-refractivity contribution in [1.29, 1.82) is 0 Å². The molecule has 114 valence electrons. The van der Waals surface area contributed by atoms with Gasteiger partial charge in [0.05, 0.1) is 23.4 Å². The van der Waals surface area contributed by atoms with Gasteiger partial charge in [0.1, 0.15) is 5.75 Å². The minimum Gasteiger partial charge on any atom is -0.496 e. The number of methoxy groups -OCH3 is 1. The number of nitrogens with two attached hydrogens (primary N) is 2. The third kappa shape index (κ3) is 5.67. The average Bonchev–Trinajstić information content (AvgIpc) is 2.43. The van der Waals surface area contributed by atoms with E-state index < -0.39 is 5.91 Å². The summed E-state index contributed by atoms with van der Waals surface area (Å²) in [6, 6.07) is 2.85. The number of hydrogen-bond acceptors (Lipinski definition) is 4. The highest BCUT2D eigenvalue weighted by molar-refractivity contribution is 6.33. The molecule has 0 heterocycles. The first kappa shape index (κ1) is 18.5. The highest BCUT2D eigenvalue weighted by Crippen LogP contribution is 2.28. The number of amides is 1. The van der Waals surface area contributed by atoms with Crippen molar-refractivity contribution < 1.29 is 9.53 Å². The SMILES string of the molecule is CCN(CC)CC.COc1cc(N)c(Cl)cc1C(N)=O. The van der Waals surface area contributed by atoms with E-state index in [0.717, 1.165) is 0 Å². The highest BCUT2D eigenvalue weighted by atomic mass is 35.5. The monoisotopic (exact) mass is 301 g/mol. The van der Waals surface area contributed by atoms with Gasteiger partial charge in [-0.15, -0.1) is 0 Å². The van der Waals surface area contributed by atoms with Crippen molar-refractivity contribution in [3.8, 4) is 5.75 Å². The van der Waals surface area contributed by atoms with Gasteiger partial charge in [0.2, 0.25) is 0 Å². The van der Waals surface area contributed by atoms with Gasteiger partial charge in [-0.05, 0) is 25.7 Å². The van der Waals surface area contributed by atoms with E-state index in [9.17, 15) is 4.79 Å². The largest absolute Gasteiger partial charge is 0.496 e. The first-order chi connectivity index (χ1) is 9.40. The summed E-state index contributed by atoms with van der Waals surface area (Å²) in [4.78, 5) is 13.3. The number of carbonyl (C=O) groups is 1. The highest BCUT2D eigenvalue weighted by Gasteiger charge is 2.11. The van der Waals surface area contributed by atoms with E-state index in [1.807, 2.05) is 0 Å². The Balaban J connectivity index is 0.000000441. The second-order valence-electron chi connectivity index (χ2n) is 4.06. The van der Waals surface area contributed by atoms with Crippen LogP contribution in [0.25, 0.3) is 0 Å². The molecule has 0 saturated heterocycles. The molecule has 1 aromatic carbocycles. The molecule has 0 fully saturated rings. The molecule has 0 unspecified atom stereocenters. The van der Waals surface area contributed by atoms with Gasteiger partial charge in [-0.1, -0.05) is 32.4 Å². The van der Waals surface area contributed by atoms with Crippen molar-refractivity contribution in [2.45, 2.75) is 20.8 Å². The molecule has 1 rings (SSSR count). The van der Waals surface area contributed by atoms with Crippen LogP contribution in [0, 0.1) is 0 Å². The van der Waals surface area contributed by atoms with Gasteiger partial charge in [0.15, 0.2) is 0 Å². The lowest BCUT2D eigenvalue weighted by atomic mass is 10.1. The van der Waals surface area contributed by atoms with Crippen LogP contribution in [0.15, 0.2) is 12.1 Å². The van der Waals surface area contributed by atoms with Crippen molar-refractivity contribution in [3.05, 3.63) is 22.7 Å². The molecule has 0 bridgehead atoms. The van der Waals surface area contributed by atoms with Gasteiger partial charge >= 0.3 is 0 Å². The zero-order chi connectivity index (χ0) is 15.7. The third-order valence-corrected chi connectivity index (χ3v) is 3.25. The predicted molar refractivity (Wildman–Crippen MR) is 84.4 cm³/mol. The normalized spacial score (nSPS) is 9.90. The van der Waals surface area contributed by atoms with Crippen LogP contribution in [-0.2, 0) is 0 Å². The van der Waals surface area contributed by atoms with Crippen LogP contribution in [0.4, 0.5) is 5.69 Å². The molecule has 0 aliphatic carbocycles. The van der Waals surface area contributed by atoms with Crippen LogP contribution in [-0.4, -0.2) is 37.6 Å². The van der Waals surface area contributed by atoms with E-state index in [4.69, 9.17) is 27.8 Å². The molecule has 1 aromatic rings. The molecule has 0 atom stereocenters. The van der Waals surface area contributed by atoms with Gasteiger partial charge in [0, 0.05) is 6.07 Å². The Labute approximate surface area is 125 Å². The summed E-state index contributed by atoms with van der Waals surface area (Å²) in [5.41, 5.74) is 11.2. The van der Waals surface area contributed by atoms with Gasteiger partial charge < -0.3 is 21.1 Å². The van der Waals surface area contributed by atoms with Gasteiger partial charge in [-0.25, -0.2) is 0 Å². The minimum atomic E-state index is -0.598. The molecule has 1 amide bonds. The molecule has 0 aromatic heterocycles. The number of nitrogens with zero attached hydrogens (tertiary/aromatic N) is 1. The number of halogens is 1. The van der Waals surface area contributed by atoms with Crippen LogP contribution < -0.4 is 16.2 Å². The molecule has 20 heavy (non-hydrogen) atoms. The van der Waals surface area contributed by atoms with E-state index in [2.05, 4.69) is 25.7 Å². The molecular weight excluding hydrogens is 278 g/mol. The Bertz CT molecular complexity index is 429. The Kier molecular flexibility index (Phi) is 8.76. The summed E-state index contributed by atoms with van der Waals surface area (Å²) in [6.07, 6.45) is 0. The minimum absolute atomic E-state index is 0.224. The molecule has 0 saturated carbocycles. The molecule has 4 N–H and O–H groups in total. The molecule has 0 spiro atoms. The Morgan fingerprint density at radius 2 is 1.75 bits per heavy atom. The van der Waals surface area contributed by atoms with E-state index in [0.29, 0.717) is 11.4 Å². The molecular formula is C14H24ClN3O2. The summed E-state index contributed by atoms with van der Waals surface area (Å²) in [7, 11) is 1.43. The maximum Gasteiger partial charge on any atom is 0.252 e. The standard InChI is InChI=1S/C8H9ClN2O2.C6H15N/c1-13-7-3-6(10)5(9)2-4(7)8(11)12;1-4-7(5-2)6-3/h2-3H,10H2,1H3,(H2,11,12);4-6H2,1-3H3. The predicted octanol–water partition coefficient (Wildman–Crippen LogP) is 2.38. The summed E-state index contributed by atoms with van der Waals surface area (Å²) >= 11 is 5.70. The molecule has 6 heteroatoms. The molecule has 0 aliphatic heterocycles. The van der Waals surface area contributed by atoms with Crippen molar-refractivity contribution >= 4 is 23.2 Å². The second-order valence-corrected chi connectivity index (χ2v) is 4.46. The van der Waals surface area contributed by atoms with Crippen molar-refractivity contribution in [2.75, 3.05) is 32.5 Å². The zero-order valence-electron chi connectivity index (χ0n) is 12.6. The summed E-state index contributed by atoms with van der Waals surface area (Å²) in [5, 5.41) is 0.287. The number of anilines is 1. The number of carbonyl (C=O) groups excluding carboxylic acids is 1. The smallest absolute Gasteiger partial charge is 0.252 e. The van der Waals surface area contributed by atoms with E-state index in [1.165, 1.54) is 38.9 Å². The fraction of sp³-hybridized carbons (Fsp3) is 0.500. The lowest BCUT2D eigenvalue weighted by molar-refractivity contribution is 0.0997. The first-order valence-electron chi connectivity index (χ1n) is 6.56. The summed E-state index contributed by atoms with van der Waals surface area (Å²) in [6.45, 7) is 10.1. The summed E-state index contributed by atoms with van der Waals surface area (Å²) in [5.74, 6) is -0.270. The maximum absolute atomic E-state index is 10.9. The Hall–Kier alpha value is -1.46. The average molecular weight is 302 g/mol. The Morgan fingerprint density at radius 3 is 2.05 bits per heavy atom. The van der Waals surface area contributed by atoms with Crippen LogP contribution in [0.3, 0.4) is 0 Å². The fourth-order valence-electron chi connectivity index (χ4n) is 1.60. The van der Waals surface area contributed by atoms with Gasteiger partial charge in [-0.3, -0.25) is 4.79 Å². The third-order valence-electron chi connectivity index (χ3n) is 2.93. The van der Waals surface area contributed by atoms with Gasteiger partial charge in [0.25, 0.3) is 5.91 Å².